The zero-order valence-electron chi connectivity index (χ0n) is 16.4. The van der Waals surface area contributed by atoms with E-state index in [-0.39, 0.29) is 29.4 Å². The summed E-state index contributed by atoms with van der Waals surface area (Å²) in [5, 5.41) is 31.7. The van der Waals surface area contributed by atoms with Gasteiger partial charge in [0.05, 0.1) is 18.7 Å². The lowest BCUT2D eigenvalue weighted by Gasteiger charge is -2.26. The van der Waals surface area contributed by atoms with Crippen LogP contribution in [-0.4, -0.2) is 46.4 Å². The van der Waals surface area contributed by atoms with Crippen molar-refractivity contribution in [2.45, 2.75) is 19.4 Å². The van der Waals surface area contributed by atoms with Crippen molar-refractivity contribution < 1.29 is 34.4 Å². The Balaban J connectivity index is 2.18. The van der Waals surface area contributed by atoms with Crippen LogP contribution in [0.5, 0.6) is 11.5 Å². The number of phenols is 1. The minimum absolute atomic E-state index is 0.105. The maximum atomic E-state index is 12.8. The van der Waals surface area contributed by atoms with E-state index in [9.17, 15) is 29.7 Å². The molecule has 1 heterocycles. The van der Waals surface area contributed by atoms with Gasteiger partial charge in [-0.05, 0) is 24.6 Å². The Labute approximate surface area is 172 Å². The third-order valence-corrected chi connectivity index (χ3v) is 4.94. The van der Waals surface area contributed by atoms with Crippen LogP contribution in [0.25, 0.3) is 5.76 Å². The standard InChI is InChI=1S/C22H21NO7/c1-12-3-5-13(6-4-12)20(27)18-19(14-7-8-15(24)16(11-14)30-2)23(10-9-17(25)26)22(29)21(18)28/h3-8,11,19,24,27H,9-10H2,1-2H3,(H,25,26)/p-1/t19-/m0/s1. The number of hydrogen-bond donors (Lipinski definition) is 2. The van der Waals surface area contributed by atoms with Crippen molar-refractivity contribution in [1.82, 2.24) is 4.90 Å². The van der Waals surface area contributed by atoms with Crippen LogP contribution < -0.4 is 9.84 Å². The van der Waals surface area contributed by atoms with E-state index in [1.54, 1.807) is 24.3 Å². The summed E-state index contributed by atoms with van der Waals surface area (Å²) in [6, 6.07) is 9.92. The molecule has 1 aliphatic rings. The number of methoxy groups -OCH3 is 1. The number of Topliss-reactive ketones (excluding diaryl/α,β-unsaturated/α-hetero) is 1. The molecule has 0 radical (unpaired) electrons. The molecule has 0 saturated carbocycles. The molecule has 1 amide bonds. The molecule has 1 fully saturated rings. The van der Waals surface area contributed by atoms with Crippen molar-refractivity contribution >= 4 is 23.4 Å². The molecule has 0 bridgehead atoms. The first-order valence-corrected chi connectivity index (χ1v) is 9.16. The monoisotopic (exact) mass is 410 g/mol. The largest absolute Gasteiger partial charge is 0.550 e. The van der Waals surface area contributed by atoms with Gasteiger partial charge in [-0.3, -0.25) is 9.59 Å². The first kappa shape index (κ1) is 20.9. The number of aromatic hydroxyl groups is 1. The van der Waals surface area contributed by atoms with E-state index in [4.69, 9.17) is 4.74 Å². The zero-order valence-corrected chi connectivity index (χ0v) is 16.4. The zero-order chi connectivity index (χ0) is 22.0. The van der Waals surface area contributed by atoms with E-state index in [1.165, 1.54) is 25.3 Å². The molecule has 8 nitrogen and oxygen atoms in total. The van der Waals surface area contributed by atoms with Crippen LogP contribution >= 0.6 is 0 Å². The molecule has 156 valence electrons. The number of phenolic OH excluding ortho intramolecular Hbond substituents is 1. The highest BCUT2D eigenvalue weighted by Crippen LogP contribution is 2.41. The molecule has 1 aliphatic heterocycles. The van der Waals surface area contributed by atoms with Crippen LogP contribution in [0.2, 0.25) is 0 Å². The number of nitrogens with zero attached hydrogens (tertiary/aromatic N) is 1. The van der Waals surface area contributed by atoms with Gasteiger partial charge in [-0.15, -0.1) is 0 Å². The number of likely N-dealkylation sites (tertiary alicyclic amines) is 1. The van der Waals surface area contributed by atoms with E-state index >= 15 is 0 Å². The average molecular weight is 410 g/mol. The molecular formula is C22H20NO7-. The Bertz CT molecular complexity index is 1040. The summed E-state index contributed by atoms with van der Waals surface area (Å²) < 4.78 is 5.10. The summed E-state index contributed by atoms with van der Waals surface area (Å²) >= 11 is 0. The first-order chi connectivity index (χ1) is 14.2. The number of amides is 1. The Morgan fingerprint density at radius 1 is 1.17 bits per heavy atom. The Hall–Kier alpha value is -3.81. The maximum absolute atomic E-state index is 12.8. The normalized spacial score (nSPS) is 17.9. The summed E-state index contributed by atoms with van der Waals surface area (Å²) in [5.74, 6) is -3.65. The molecule has 0 unspecified atom stereocenters. The summed E-state index contributed by atoms with van der Waals surface area (Å²) in [4.78, 5) is 37.5. The second-order valence-corrected chi connectivity index (χ2v) is 6.91. The number of hydrogen-bond acceptors (Lipinski definition) is 7. The van der Waals surface area contributed by atoms with Crippen molar-refractivity contribution in [1.29, 1.82) is 0 Å². The molecule has 0 spiro atoms. The van der Waals surface area contributed by atoms with Gasteiger partial charge in [0.2, 0.25) is 0 Å². The van der Waals surface area contributed by atoms with Crippen LogP contribution in [0.15, 0.2) is 48.0 Å². The fraction of sp³-hybridized carbons (Fsp3) is 0.227. The number of aliphatic carboxylic acids is 1. The van der Waals surface area contributed by atoms with E-state index < -0.39 is 30.1 Å². The van der Waals surface area contributed by atoms with E-state index in [0.717, 1.165) is 10.5 Å². The Morgan fingerprint density at radius 2 is 1.83 bits per heavy atom. The first-order valence-electron chi connectivity index (χ1n) is 9.16. The van der Waals surface area contributed by atoms with Gasteiger partial charge in [0.15, 0.2) is 11.5 Å². The van der Waals surface area contributed by atoms with Crippen molar-refractivity contribution in [2.24, 2.45) is 0 Å². The third-order valence-electron chi connectivity index (χ3n) is 4.94. The number of ether oxygens (including phenoxy) is 1. The second-order valence-electron chi connectivity index (χ2n) is 6.91. The summed E-state index contributed by atoms with van der Waals surface area (Å²) in [6.07, 6.45) is -0.483. The van der Waals surface area contributed by atoms with Crippen molar-refractivity contribution in [3.63, 3.8) is 0 Å². The number of carboxylic acid groups (broad SMARTS) is 1. The highest BCUT2D eigenvalue weighted by atomic mass is 16.5. The molecule has 3 rings (SSSR count). The van der Waals surface area contributed by atoms with Crippen molar-refractivity contribution in [3.05, 3.63) is 64.7 Å². The molecule has 8 heteroatoms. The summed E-state index contributed by atoms with van der Waals surface area (Å²) in [6.45, 7) is 1.58. The number of aliphatic hydroxyl groups is 1. The summed E-state index contributed by atoms with van der Waals surface area (Å²) in [5.41, 5.74) is 1.49. The van der Waals surface area contributed by atoms with Crippen molar-refractivity contribution in [3.8, 4) is 11.5 Å². The highest BCUT2D eigenvalue weighted by Gasteiger charge is 2.46. The topological polar surface area (TPSA) is 127 Å². The van der Waals surface area contributed by atoms with Crippen LogP contribution in [-0.2, 0) is 14.4 Å². The molecule has 30 heavy (non-hydrogen) atoms. The Morgan fingerprint density at radius 3 is 2.43 bits per heavy atom. The third kappa shape index (κ3) is 3.84. The predicted octanol–water partition coefficient (Wildman–Crippen LogP) is 1.27. The van der Waals surface area contributed by atoms with Crippen molar-refractivity contribution in [2.75, 3.05) is 13.7 Å². The Kier molecular flexibility index (Phi) is 5.77. The van der Waals surface area contributed by atoms with Crippen LogP contribution in [0.1, 0.15) is 29.2 Å². The van der Waals surface area contributed by atoms with Gasteiger partial charge in [-0.25, -0.2) is 0 Å². The molecular weight excluding hydrogens is 390 g/mol. The van der Waals surface area contributed by atoms with E-state index in [0.29, 0.717) is 11.1 Å². The molecule has 2 aromatic carbocycles. The number of rotatable bonds is 6. The smallest absolute Gasteiger partial charge is 0.295 e. The SMILES string of the molecule is COc1cc([C@H]2C(=C(O)c3ccc(C)cc3)C(=O)C(=O)N2CCC(=O)[O-])ccc1O. The lowest BCUT2D eigenvalue weighted by molar-refractivity contribution is -0.305. The van der Waals surface area contributed by atoms with Gasteiger partial charge >= 0.3 is 0 Å². The number of ketones is 1. The van der Waals surface area contributed by atoms with Gasteiger partial charge in [0.25, 0.3) is 11.7 Å². The molecule has 0 aromatic heterocycles. The fourth-order valence-corrected chi connectivity index (χ4v) is 3.40. The van der Waals surface area contributed by atoms with Crippen LogP contribution in [0.3, 0.4) is 0 Å². The minimum Gasteiger partial charge on any atom is -0.550 e. The molecule has 2 N–H and O–H groups in total. The van der Waals surface area contributed by atoms with E-state index in [1.807, 2.05) is 6.92 Å². The van der Waals surface area contributed by atoms with Gasteiger partial charge in [-0.1, -0.05) is 35.9 Å². The van der Waals surface area contributed by atoms with Gasteiger partial charge in [-0.2, -0.15) is 0 Å². The van der Waals surface area contributed by atoms with Crippen LogP contribution in [0.4, 0.5) is 0 Å². The number of aryl methyl sites for hydroxylation is 1. The van der Waals surface area contributed by atoms with E-state index in [2.05, 4.69) is 0 Å². The fourth-order valence-electron chi connectivity index (χ4n) is 3.40. The number of carboxylic acids is 1. The highest BCUT2D eigenvalue weighted by molar-refractivity contribution is 6.46. The lowest BCUT2D eigenvalue weighted by atomic mass is 9.94. The summed E-state index contributed by atoms with van der Waals surface area (Å²) in [7, 11) is 1.35. The quantitative estimate of drug-likeness (QED) is 0.417. The number of carbonyl (C=O) groups excluding carboxylic acids is 3. The molecule has 0 aliphatic carbocycles. The molecule has 2 aromatic rings. The average Bonchev–Trinajstić information content (AvgIpc) is 2.97. The number of carbonyl (C=O) groups is 3. The maximum Gasteiger partial charge on any atom is 0.295 e. The number of benzene rings is 2. The minimum atomic E-state index is -1.38. The lowest BCUT2D eigenvalue weighted by Crippen LogP contribution is -2.34. The van der Waals surface area contributed by atoms with Gasteiger partial charge in [0, 0.05) is 24.5 Å². The number of aliphatic hydroxyl groups excluding tert-OH is 1. The molecule has 1 saturated heterocycles. The second kappa shape index (κ2) is 8.28. The van der Waals surface area contributed by atoms with Crippen LogP contribution in [0, 0.1) is 6.92 Å². The van der Waals surface area contributed by atoms with Gasteiger partial charge in [0.1, 0.15) is 5.76 Å². The molecule has 1 atom stereocenters. The predicted molar refractivity (Wildman–Crippen MR) is 104 cm³/mol. The van der Waals surface area contributed by atoms with Gasteiger partial charge < -0.3 is 29.8 Å².